The van der Waals surface area contributed by atoms with Crippen molar-refractivity contribution in [3.05, 3.63) is 35.6 Å². The van der Waals surface area contributed by atoms with Gasteiger partial charge < -0.3 is 4.90 Å². The summed E-state index contributed by atoms with van der Waals surface area (Å²) in [5, 5.41) is 2.39. The molecule has 3 rings (SSSR count). The van der Waals surface area contributed by atoms with Gasteiger partial charge in [0.25, 0.3) is 5.91 Å². The predicted octanol–water partition coefficient (Wildman–Crippen LogP) is 2.58. The highest BCUT2D eigenvalue weighted by Crippen LogP contribution is 2.38. The van der Waals surface area contributed by atoms with Crippen LogP contribution < -0.4 is 5.32 Å². The van der Waals surface area contributed by atoms with E-state index in [1.54, 1.807) is 18.2 Å². The first-order chi connectivity index (χ1) is 9.63. The van der Waals surface area contributed by atoms with Crippen molar-refractivity contribution >= 4 is 11.9 Å². The van der Waals surface area contributed by atoms with Crippen LogP contribution in [-0.4, -0.2) is 22.4 Å². The van der Waals surface area contributed by atoms with Gasteiger partial charge in [0.05, 0.1) is 6.54 Å². The molecule has 0 atom stereocenters. The van der Waals surface area contributed by atoms with Gasteiger partial charge in [0.15, 0.2) is 0 Å². The number of imide groups is 1. The lowest BCUT2D eigenvalue weighted by atomic mass is 9.80. The van der Waals surface area contributed by atoms with Crippen molar-refractivity contribution in [1.29, 1.82) is 0 Å². The zero-order valence-electron chi connectivity index (χ0n) is 11.2. The Bertz CT molecular complexity index is 553. The summed E-state index contributed by atoms with van der Waals surface area (Å²) in [7, 11) is 0. The van der Waals surface area contributed by atoms with Crippen molar-refractivity contribution in [2.75, 3.05) is 0 Å². The summed E-state index contributed by atoms with van der Waals surface area (Å²) in [6.45, 7) is 0.143. The fourth-order valence-electron chi connectivity index (χ4n) is 3.25. The third-order valence-electron chi connectivity index (χ3n) is 4.37. The molecule has 1 aliphatic heterocycles. The number of rotatable bonds is 2. The van der Waals surface area contributed by atoms with Crippen LogP contribution in [0.4, 0.5) is 9.18 Å². The summed E-state index contributed by atoms with van der Waals surface area (Å²) in [6, 6.07) is 5.98. The molecule has 2 fully saturated rings. The molecule has 2 aliphatic rings. The standard InChI is InChI=1S/C15H17FN2O2/c16-12-7-3-2-6-11(12)10-18-14(20)17-13(19)15(18)8-4-1-5-9-15/h2-3,6-7H,1,4-5,8-10H2,(H,17,19,20). The molecule has 1 saturated carbocycles. The highest BCUT2D eigenvalue weighted by molar-refractivity contribution is 6.07. The van der Waals surface area contributed by atoms with E-state index >= 15 is 0 Å². The lowest BCUT2D eigenvalue weighted by molar-refractivity contribution is -0.128. The van der Waals surface area contributed by atoms with Crippen LogP contribution >= 0.6 is 0 Å². The van der Waals surface area contributed by atoms with Gasteiger partial charge in [0.1, 0.15) is 11.4 Å². The molecule has 4 nitrogen and oxygen atoms in total. The number of hydrogen-bond donors (Lipinski definition) is 1. The molecule has 1 N–H and O–H groups in total. The number of halogens is 1. The molecule has 0 bridgehead atoms. The SMILES string of the molecule is O=C1NC(=O)C2(CCCCC2)N1Cc1ccccc1F. The zero-order chi connectivity index (χ0) is 14.2. The number of urea groups is 1. The molecule has 1 aromatic rings. The summed E-state index contributed by atoms with van der Waals surface area (Å²) in [6.07, 6.45) is 4.26. The highest BCUT2D eigenvalue weighted by atomic mass is 19.1. The van der Waals surface area contributed by atoms with E-state index in [0.717, 1.165) is 19.3 Å². The van der Waals surface area contributed by atoms with E-state index in [-0.39, 0.29) is 18.3 Å². The Morgan fingerprint density at radius 3 is 2.55 bits per heavy atom. The molecule has 0 radical (unpaired) electrons. The summed E-state index contributed by atoms with van der Waals surface area (Å²) < 4.78 is 13.8. The van der Waals surface area contributed by atoms with Gasteiger partial charge in [-0.1, -0.05) is 37.5 Å². The predicted molar refractivity (Wildman–Crippen MR) is 71.3 cm³/mol. The third kappa shape index (κ3) is 1.97. The van der Waals surface area contributed by atoms with Gasteiger partial charge in [-0.15, -0.1) is 0 Å². The lowest BCUT2D eigenvalue weighted by Gasteiger charge is -2.38. The van der Waals surface area contributed by atoms with E-state index in [0.29, 0.717) is 18.4 Å². The molecule has 0 aromatic heterocycles. The van der Waals surface area contributed by atoms with Gasteiger partial charge in [0.2, 0.25) is 0 Å². The fourth-order valence-corrected chi connectivity index (χ4v) is 3.25. The zero-order valence-corrected chi connectivity index (χ0v) is 11.2. The largest absolute Gasteiger partial charge is 0.325 e. The summed E-state index contributed by atoms with van der Waals surface area (Å²) in [5.74, 6) is -0.566. The first-order valence-electron chi connectivity index (χ1n) is 7.00. The average molecular weight is 276 g/mol. The fraction of sp³-hybridized carbons (Fsp3) is 0.467. The van der Waals surface area contributed by atoms with Crippen LogP contribution in [0.2, 0.25) is 0 Å². The molecule has 1 heterocycles. The maximum Gasteiger partial charge on any atom is 0.325 e. The second-order valence-electron chi connectivity index (χ2n) is 5.53. The summed E-state index contributed by atoms with van der Waals surface area (Å²) in [4.78, 5) is 25.7. The molecular weight excluding hydrogens is 259 g/mol. The molecule has 106 valence electrons. The van der Waals surface area contributed by atoms with Gasteiger partial charge in [-0.05, 0) is 18.9 Å². The van der Waals surface area contributed by atoms with Crippen molar-refractivity contribution in [3.8, 4) is 0 Å². The number of carbonyl (C=O) groups is 2. The van der Waals surface area contributed by atoms with Gasteiger partial charge in [-0.3, -0.25) is 10.1 Å². The van der Waals surface area contributed by atoms with Crippen LogP contribution in [-0.2, 0) is 11.3 Å². The van der Waals surface area contributed by atoms with Gasteiger partial charge in [-0.2, -0.15) is 0 Å². The maximum atomic E-state index is 13.8. The van der Waals surface area contributed by atoms with E-state index in [4.69, 9.17) is 0 Å². The van der Waals surface area contributed by atoms with E-state index in [2.05, 4.69) is 5.32 Å². The van der Waals surface area contributed by atoms with Crippen molar-refractivity contribution < 1.29 is 14.0 Å². The van der Waals surface area contributed by atoms with E-state index < -0.39 is 11.6 Å². The van der Waals surface area contributed by atoms with Gasteiger partial charge >= 0.3 is 6.03 Å². The first-order valence-corrected chi connectivity index (χ1v) is 7.00. The van der Waals surface area contributed by atoms with Crippen molar-refractivity contribution in [1.82, 2.24) is 10.2 Å². The topological polar surface area (TPSA) is 49.4 Å². The molecule has 1 aromatic carbocycles. The summed E-state index contributed by atoms with van der Waals surface area (Å²) in [5.41, 5.74) is -0.320. The Hall–Kier alpha value is -1.91. The quantitative estimate of drug-likeness (QED) is 0.844. The normalized spacial score (nSPS) is 21.4. The minimum absolute atomic E-state index is 0.143. The van der Waals surface area contributed by atoms with Crippen LogP contribution in [0.5, 0.6) is 0 Å². The molecule has 0 unspecified atom stereocenters. The Kier molecular flexibility index (Phi) is 3.20. The highest BCUT2D eigenvalue weighted by Gasteiger charge is 2.52. The van der Waals surface area contributed by atoms with Crippen molar-refractivity contribution in [3.63, 3.8) is 0 Å². The minimum atomic E-state index is -0.766. The third-order valence-corrected chi connectivity index (χ3v) is 4.37. The van der Waals surface area contributed by atoms with Crippen LogP contribution in [0, 0.1) is 5.82 Å². The van der Waals surface area contributed by atoms with Crippen LogP contribution in [0.15, 0.2) is 24.3 Å². The Morgan fingerprint density at radius 2 is 1.85 bits per heavy atom. The van der Waals surface area contributed by atoms with Crippen LogP contribution in [0.1, 0.15) is 37.7 Å². The number of amides is 3. The summed E-state index contributed by atoms with van der Waals surface area (Å²) >= 11 is 0. The molecule has 1 saturated heterocycles. The van der Waals surface area contributed by atoms with Crippen LogP contribution in [0.25, 0.3) is 0 Å². The maximum absolute atomic E-state index is 13.8. The van der Waals surface area contributed by atoms with Gasteiger partial charge in [-0.25, -0.2) is 9.18 Å². The van der Waals surface area contributed by atoms with E-state index in [9.17, 15) is 14.0 Å². The van der Waals surface area contributed by atoms with E-state index in [1.807, 2.05) is 0 Å². The number of hydrogen-bond acceptors (Lipinski definition) is 2. The molecular formula is C15H17FN2O2. The van der Waals surface area contributed by atoms with Crippen molar-refractivity contribution in [2.45, 2.75) is 44.2 Å². The minimum Gasteiger partial charge on any atom is -0.305 e. The smallest absolute Gasteiger partial charge is 0.305 e. The molecule has 1 spiro atoms. The Balaban J connectivity index is 1.91. The molecule has 5 heteroatoms. The average Bonchev–Trinajstić information content (AvgIpc) is 2.66. The number of nitrogens with one attached hydrogen (secondary N) is 1. The number of nitrogens with zero attached hydrogens (tertiary/aromatic N) is 1. The monoisotopic (exact) mass is 276 g/mol. The molecule has 1 aliphatic carbocycles. The second-order valence-corrected chi connectivity index (χ2v) is 5.53. The molecule has 3 amide bonds. The van der Waals surface area contributed by atoms with Gasteiger partial charge in [0, 0.05) is 5.56 Å². The Morgan fingerprint density at radius 1 is 1.15 bits per heavy atom. The lowest BCUT2D eigenvalue weighted by Crippen LogP contribution is -2.50. The number of benzene rings is 1. The molecule has 20 heavy (non-hydrogen) atoms. The second kappa shape index (κ2) is 4.89. The Labute approximate surface area is 117 Å². The van der Waals surface area contributed by atoms with E-state index in [1.165, 1.54) is 11.0 Å². The van der Waals surface area contributed by atoms with Crippen LogP contribution in [0.3, 0.4) is 0 Å². The van der Waals surface area contributed by atoms with Crippen molar-refractivity contribution in [2.24, 2.45) is 0 Å². The first kappa shape index (κ1) is 13.1. The number of carbonyl (C=O) groups excluding carboxylic acids is 2.